The SMILES string of the molecule is CCC(C)(C)CCN(C)CC(NC(N)=O)C(C)(C)CC.CO. The van der Waals surface area contributed by atoms with E-state index in [1.54, 1.807) is 0 Å². The summed E-state index contributed by atoms with van der Waals surface area (Å²) in [7, 11) is 3.12. The highest BCUT2D eigenvalue weighted by Crippen LogP contribution is 2.27. The van der Waals surface area contributed by atoms with Crippen LogP contribution in [0.2, 0.25) is 0 Å². The van der Waals surface area contributed by atoms with E-state index < -0.39 is 6.03 Å². The van der Waals surface area contributed by atoms with E-state index in [1.165, 1.54) is 6.42 Å². The number of hydrogen-bond acceptors (Lipinski definition) is 3. The quantitative estimate of drug-likeness (QED) is 0.612. The number of aliphatic hydroxyl groups excluding tert-OH is 1. The number of carbonyl (C=O) groups excluding carboxylic acids is 1. The average molecular weight is 318 g/mol. The molecule has 1 unspecified atom stereocenters. The topological polar surface area (TPSA) is 78.6 Å². The van der Waals surface area contributed by atoms with Gasteiger partial charge in [-0.15, -0.1) is 0 Å². The number of aliphatic hydroxyl groups is 1. The number of amides is 2. The fourth-order valence-corrected chi connectivity index (χ4v) is 1.98. The van der Waals surface area contributed by atoms with Crippen molar-refractivity contribution in [1.82, 2.24) is 10.2 Å². The second kappa shape index (κ2) is 10.8. The summed E-state index contributed by atoms with van der Waals surface area (Å²) in [5.74, 6) is 0. The number of likely N-dealkylation sites (N-methyl/N-ethyl adjacent to an activating group) is 1. The maximum absolute atomic E-state index is 11.2. The van der Waals surface area contributed by atoms with Crippen LogP contribution in [0.1, 0.15) is 60.8 Å². The van der Waals surface area contributed by atoms with E-state index in [2.05, 4.69) is 58.8 Å². The minimum atomic E-state index is -0.432. The zero-order chi connectivity index (χ0) is 18.0. The highest BCUT2D eigenvalue weighted by atomic mass is 16.2. The summed E-state index contributed by atoms with van der Waals surface area (Å²) in [5.41, 5.74) is 5.74. The summed E-state index contributed by atoms with van der Waals surface area (Å²) in [6.45, 7) is 15.2. The molecular weight excluding hydrogens is 278 g/mol. The van der Waals surface area contributed by atoms with Gasteiger partial charge in [-0.3, -0.25) is 0 Å². The summed E-state index contributed by atoms with van der Waals surface area (Å²) in [5, 5.41) is 9.91. The van der Waals surface area contributed by atoms with Crippen molar-refractivity contribution in [2.45, 2.75) is 66.8 Å². The summed E-state index contributed by atoms with van der Waals surface area (Å²) in [6, 6.07) is -0.349. The number of urea groups is 1. The van der Waals surface area contributed by atoms with Crippen LogP contribution in [0.3, 0.4) is 0 Å². The molecule has 0 aromatic heterocycles. The van der Waals surface area contributed by atoms with Crippen molar-refractivity contribution in [1.29, 1.82) is 0 Å². The van der Waals surface area contributed by atoms with E-state index in [0.717, 1.165) is 33.0 Å². The third-order valence-electron chi connectivity index (χ3n) is 4.79. The first-order valence-electron chi connectivity index (χ1n) is 8.23. The molecule has 4 N–H and O–H groups in total. The van der Waals surface area contributed by atoms with Gasteiger partial charge in [-0.05, 0) is 37.3 Å². The van der Waals surface area contributed by atoms with Gasteiger partial charge < -0.3 is 21.1 Å². The Morgan fingerprint density at radius 3 is 2.05 bits per heavy atom. The molecule has 0 rings (SSSR count). The van der Waals surface area contributed by atoms with E-state index in [9.17, 15) is 4.79 Å². The van der Waals surface area contributed by atoms with Crippen molar-refractivity contribution in [3.63, 3.8) is 0 Å². The summed E-state index contributed by atoms with van der Waals surface area (Å²) in [6.07, 6.45) is 3.35. The standard InChI is InChI=1S/C16H35N3O.CH4O/c1-8-15(3,4)10-11-19(7)12-13(18-14(17)20)16(5,6)9-2;1-2/h13H,8-12H2,1-7H3,(H3,17,18,20);2H,1H3. The molecule has 0 aliphatic heterocycles. The molecule has 134 valence electrons. The Kier molecular flexibility index (Phi) is 11.6. The van der Waals surface area contributed by atoms with Gasteiger partial charge in [0.15, 0.2) is 0 Å². The van der Waals surface area contributed by atoms with Crippen molar-refractivity contribution in [3.8, 4) is 0 Å². The molecular formula is C17H39N3O2. The molecule has 0 saturated heterocycles. The van der Waals surface area contributed by atoms with Gasteiger partial charge in [0.2, 0.25) is 0 Å². The first-order valence-corrected chi connectivity index (χ1v) is 8.23. The predicted molar refractivity (Wildman–Crippen MR) is 94.9 cm³/mol. The third kappa shape index (κ3) is 10.0. The number of nitrogens with one attached hydrogen (secondary N) is 1. The fraction of sp³-hybridized carbons (Fsp3) is 0.941. The number of primary amides is 1. The number of rotatable bonds is 9. The van der Waals surface area contributed by atoms with E-state index in [0.29, 0.717) is 5.41 Å². The highest BCUT2D eigenvalue weighted by molar-refractivity contribution is 5.72. The molecule has 22 heavy (non-hydrogen) atoms. The molecule has 0 spiro atoms. The minimum absolute atomic E-state index is 0.0452. The molecule has 0 radical (unpaired) electrons. The summed E-state index contributed by atoms with van der Waals surface area (Å²) >= 11 is 0. The molecule has 0 aromatic rings. The Balaban J connectivity index is 0. The third-order valence-corrected chi connectivity index (χ3v) is 4.79. The Hall–Kier alpha value is -0.810. The molecule has 1 atom stereocenters. The van der Waals surface area contributed by atoms with Crippen molar-refractivity contribution < 1.29 is 9.90 Å². The molecule has 0 fully saturated rings. The molecule has 5 nitrogen and oxygen atoms in total. The van der Waals surface area contributed by atoms with Crippen molar-refractivity contribution in [2.24, 2.45) is 16.6 Å². The first-order chi connectivity index (χ1) is 10.0. The van der Waals surface area contributed by atoms with Crippen LogP contribution in [0.25, 0.3) is 0 Å². The van der Waals surface area contributed by atoms with Gasteiger partial charge in [0.25, 0.3) is 0 Å². The second-order valence-corrected chi connectivity index (χ2v) is 7.43. The molecule has 0 heterocycles. The second-order valence-electron chi connectivity index (χ2n) is 7.43. The van der Waals surface area contributed by atoms with Gasteiger partial charge in [-0.2, -0.15) is 0 Å². The Morgan fingerprint density at radius 1 is 1.18 bits per heavy atom. The van der Waals surface area contributed by atoms with Crippen LogP contribution in [0, 0.1) is 10.8 Å². The van der Waals surface area contributed by atoms with Crippen LogP contribution in [-0.4, -0.2) is 49.3 Å². The van der Waals surface area contributed by atoms with E-state index in [4.69, 9.17) is 10.8 Å². The van der Waals surface area contributed by atoms with Crippen LogP contribution in [0.5, 0.6) is 0 Å². The van der Waals surface area contributed by atoms with Gasteiger partial charge in [-0.25, -0.2) is 4.79 Å². The van der Waals surface area contributed by atoms with Crippen molar-refractivity contribution >= 4 is 6.03 Å². The van der Waals surface area contributed by atoms with Crippen LogP contribution in [0.4, 0.5) is 4.79 Å². The zero-order valence-corrected chi connectivity index (χ0v) is 16.0. The molecule has 2 amide bonds. The molecule has 0 aromatic carbocycles. The monoisotopic (exact) mass is 317 g/mol. The van der Waals surface area contributed by atoms with Crippen molar-refractivity contribution in [2.75, 3.05) is 27.2 Å². The smallest absolute Gasteiger partial charge is 0.312 e. The summed E-state index contributed by atoms with van der Waals surface area (Å²) in [4.78, 5) is 13.5. The summed E-state index contributed by atoms with van der Waals surface area (Å²) < 4.78 is 0. The van der Waals surface area contributed by atoms with Gasteiger partial charge in [-0.1, -0.05) is 48.0 Å². The van der Waals surface area contributed by atoms with Crippen LogP contribution in [-0.2, 0) is 0 Å². The molecule has 0 aliphatic carbocycles. The molecule has 0 aliphatic rings. The lowest BCUT2D eigenvalue weighted by Gasteiger charge is -2.37. The largest absolute Gasteiger partial charge is 0.400 e. The average Bonchev–Trinajstić information content (AvgIpc) is 2.46. The van der Waals surface area contributed by atoms with E-state index >= 15 is 0 Å². The van der Waals surface area contributed by atoms with Gasteiger partial charge in [0.05, 0.1) is 0 Å². The zero-order valence-electron chi connectivity index (χ0n) is 16.0. The normalized spacial score (nSPS) is 13.4. The highest BCUT2D eigenvalue weighted by Gasteiger charge is 2.30. The number of nitrogens with two attached hydrogens (primary N) is 1. The molecule has 0 bridgehead atoms. The van der Waals surface area contributed by atoms with Gasteiger partial charge in [0, 0.05) is 19.7 Å². The lowest BCUT2D eigenvalue weighted by Crippen LogP contribution is -2.52. The molecule has 5 heteroatoms. The number of nitrogens with zero attached hydrogens (tertiary/aromatic N) is 1. The maximum atomic E-state index is 11.2. The van der Waals surface area contributed by atoms with Gasteiger partial charge in [0.1, 0.15) is 0 Å². The van der Waals surface area contributed by atoms with Crippen LogP contribution < -0.4 is 11.1 Å². The predicted octanol–water partition coefficient (Wildman–Crippen LogP) is 2.83. The fourth-order valence-electron chi connectivity index (χ4n) is 1.98. The van der Waals surface area contributed by atoms with Crippen LogP contribution >= 0.6 is 0 Å². The number of hydrogen-bond donors (Lipinski definition) is 3. The Morgan fingerprint density at radius 2 is 1.68 bits per heavy atom. The lowest BCUT2D eigenvalue weighted by atomic mass is 9.81. The van der Waals surface area contributed by atoms with E-state index in [-0.39, 0.29) is 11.5 Å². The number of carbonyl (C=O) groups is 1. The first kappa shape index (κ1) is 23.5. The van der Waals surface area contributed by atoms with E-state index in [1.807, 2.05) is 0 Å². The molecule has 0 saturated carbocycles. The van der Waals surface area contributed by atoms with Gasteiger partial charge >= 0.3 is 6.03 Å². The minimum Gasteiger partial charge on any atom is -0.400 e. The Labute approximate surface area is 137 Å². The Bertz CT molecular complexity index is 304. The van der Waals surface area contributed by atoms with Crippen molar-refractivity contribution in [3.05, 3.63) is 0 Å². The van der Waals surface area contributed by atoms with Crippen LogP contribution in [0.15, 0.2) is 0 Å². The maximum Gasteiger partial charge on any atom is 0.312 e. The lowest BCUT2D eigenvalue weighted by molar-refractivity contribution is 0.161.